The lowest BCUT2D eigenvalue weighted by atomic mass is 10.2. The first-order chi connectivity index (χ1) is 7.93. The van der Waals surface area contributed by atoms with Gasteiger partial charge in [0.05, 0.1) is 0 Å². The molecule has 3 rings (SSSR count). The molecule has 1 unspecified atom stereocenters. The first kappa shape index (κ1) is 10.2. The molecular weight excluding hydrogens is 218 g/mol. The summed E-state index contributed by atoms with van der Waals surface area (Å²) in [6, 6.07) is 4.80. The van der Waals surface area contributed by atoms with Gasteiger partial charge in [0.15, 0.2) is 0 Å². The van der Waals surface area contributed by atoms with E-state index in [1.165, 1.54) is 28.9 Å². The van der Waals surface area contributed by atoms with Crippen molar-refractivity contribution < 1.29 is 0 Å². The van der Waals surface area contributed by atoms with Gasteiger partial charge in [0.25, 0.3) is 0 Å². The zero-order valence-electron chi connectivity index (χ0n) is 9.07. The van der Waals surface area contributed by atoms with Crippen molar-refractivity contribution >= 4 is 22.8 Å². The second kappa shape index (κ2) is 4.47. The van der Waals surface area contributed by atoms with Gasteiger partial charge in [-0.15, -0.1) is 0 Å². The van der Waals surface area contributed by atoms with Crippen LogP contribution in [0.3, 0.4) is 0 Å². The van der Waals surface area contributed by atoms with Crippen molar-refractivity contribution in [3.05, 3.63) is 30.1 Å². The number of hydrogen-bond acceptors (Lipinski definition) is 3. The number of hydrogen-bond donors (Lipinski definition) is 2. The predicted molar refractivity (Wildman–Crippen MR) is 68.7 cm³/mol. The van der Waals surface area contributed by atoms with Gasteiger partial charge >= 0.3 is 0 Å². The quantitative estimate of drug-likeness (QED) is 0.853. The Morgan fingerprint density at radius 1 is 1.56 bits per heavy atom. The Bertz CT molecular complexity index is 474. The maximum atomic E-state index is 4.29. The fraction of sp³-hybridized carbons (Fsp3) is 0.417. The van der Waals surface area contributed by atoms with E-state index >= 15 is 0 Å². The highest BCUT2D eigenvalue weighted by atomic mass is 32.2. The van der Waals surface area contributed by atoms with Crippen molar-refractivity contribution in [1.82, 2.24) is 15.3 Å². The minimum Gasteiger partial charge on any atom is -0.346 e. The van der Waals surface area contributed by atoms with Crippen molar-refractivity contribution in [2.75, 3.05) is 11.5 Å². The molecule has 0 spiro atoms. The Labute approximate surface area is 99.0 Å². The molecule has 1 aliphatic heterocycles. The number of rotatable bonds is 3. The van der Waals surface area contributed by atoms with E-state index in [4.69, 9.17) is 0 Å². The average molecular weight is 233 g/mol. The van der Waals surface area contributed by atoms with E-state index in [1.54, 1.807) is 0 Å². The average Bonchev–Trinajstić information content (AvgIpc) is 2.96. The maximum absolute atomic E-state index is 4.29. The summed E-state index contributed by atoms with van der Waals surface area (Å²) in [7, 11) is 0. The van der Waals surface area contributed by atoms with Crippen molar-refractivity contribution in [1.29, 1.82) is 0 Å². The van der Waals surface area contributed by atoms with Crippen LogP contribution >= 0.6 is 11.8 Å². The molecule has 1 aliphatic rings. The Kier molecular flexibility index (Phi) is 2.84. The zero-order chi connectivity index (χ0) is 10.8. The number of nitrogens with one attached hydrogen (secondary N) is 2. The van der Waals surface area contributed by atoms with Crippen LogP contribution in [0.15, 0.2) is 24.5 Å². The zero-order valence-corrected chi connectivity index (χ0v) is 9.89. The Balaban J connectivity index is 1.73. The fourth-order valence-electron chi connectivity index (χ4n) is 2.11. The van der Waals surface area contributed by atoms with Gasteiger partial charge in [-0.2, -0.15) is 11.8 Å². The highest BCUT2D eigenvalue weighted by Gasteiger charge is 2.15. The minimum atomic E-state index is 0.687. The topological polar surface area (TPSA) is 40.7 Å². The third-order valence-electron chi connectivity index (χ3n) is 3.05. The molecule has 0 bridgehead atoms. The number of aromatic amines is 1. The van der Waals surface area contributed by atoms with Crippen molar-refractivity contribution in [3.63, 3.8) is 0 Å². The standard InChI is InChI=1S/C12H15N3S/c1-2-11-9(7-15-12(11)13-4-1)6-14-10-3-5-16-8-10/h1-2,4,7,10,14H,3,5-6,8H2,(H,13,15). The molecule has 0 aromatic carbocycles. The van der Waals surface area contributed by atoms with Gasteiger partial charge in [-0.1, -0.05) is 0 Å². The Morgan fingerprint density at radius 3 is 3.44 bits per heavy atom. The van der Waals surface area contributed by atoms with Gasteiger partial charge < -0.3 is 10.3 Å². The molecule has 1 saturated heterocycles. The highest BCUT2D eigenvalue weighted by molar-refractivity contribution is 7.99. The molecule has 2 aromatic rings. The molecule has 1 fully saturated rings. The second-order valence-electron chi connectivity index (χ2n) is 4.15. The van der Waals surface area contributed by atoms with Gasteiger partial charge in [0.2, 0.25) is 0 Å². The van der Waals surface area contributed by atoms with Gasteiger partial charge in [0, 0.05) is 36.1 Å². The molecule has 4 heteroatoms. The summed E-state index contributed by atoms with van der Waals surface area (Å²) in [5.41, 5.74) is 2.31. The molecule has 2 aromatic heterocycles. The van der Waals surface area contributed by atoms with Gasteiger partial charge in [-0.3, -0.25) is 0 Å². The van der Waals surface area contributed by atoms with E-state index in [0.29, 0.717) is 6.04 Å². The molecular formula is C12H15N3S. The van der Waals surface area contributed by atoms with Crippen LogP contribution in [0.1, 0.15) is 12.0 Å². The number of pyridine rings is 1. The highest BCUT2D eigenvalue weighted by Crippen LogP contribution is 2.19. The Morgan fingerprint density at radius 2 is 2.56 bits per heavy atom. The summed E-state index contributed by atoms with van der Waals surface area (Å²) in [4.78, 5) is 7.50. The first-order valence-electron chi connectivity index (χ1n) is 5.65. The molecule has 84 valence electrons. The van der Waals surface area contributed by atoms with Crippen molar-refractivity contribution in [3.8, 4) is 0 Å². The summed E-state index contributed by atoms with van der Waals surface area (Å²) in [5, 5.41) is 4.84. The lowest BCUT2D eigenvalue weighted by molar-refractivity contribution is 0.559. The molecule has 0 radical (unpaired) electrons. The third kappa shape index (κ3) is 1.95. The summed E-state index contributed by atoms with van der Waals surface area (Å²) in [6.07, 6.45) is 5.18. The summed E-state index contributed by atoms with van der Waals surface area (Å²) >= 11 is 2.04. The predicted octanol–water partition coefficient (Wildman–Crippen LogP) is 2.16. The maximum Gasteiger partial charge on any atom is 0.137 e. The first-order valence-corrected chi connectivity index (χ1v) is 6.81. The lowest BCUT2D eigenvalue weighted by Crippen LogP contribution is -2.27. The number of aromatic nitrogens is 2. The van der Waals surface area contributed by atoms with Crippen LogP contribution in [0.5, 0.6) is 0 Å². The van der Waals surface area contributed by atoms with Crippen LogP contribution in [0.4, 0.5) is 0 Å². The number of nitrogens with zero attached hydrogens (tertiary/aromatic N) is 1. The van der Waals surface area contributed by atoms with E-state index in [9.17, 15) is 0 Å². The minimum absolute atomic E-state index is 0.687. The van der Waals surface area contributed by atoms with E-state index in [-0.39, 0.29) is 0 Å². The van der Waals surface area contributed by atoms with E-state index in [1.807, 2.05) is 24.0 Å². The third-order valence-corrected chi connectivity index (χ3v) is 4.21. The molecule has 0 saturated carbocycles. The molecule has 1 atom stereocenters. The van der Waals surface area contributed by atoms with Gasteiger partial charge in [-0.05, 0) is 29.9 Å². The van der Waals surface area contributed by atoms with E-state index in [2.05, 4.69) is 27.5 Å². The summed E-state index contributed by atoms with van der Waals surface area (Å²) in [5.74, 6) is 2.55. The van der Waals surface area contributed by atoms with Crippen molar-refractivity contribution in [2.45, 2.75) is 19.0 Å². The Hall–Kier alpha value is -1.00. The van der Waals surface area contributed by atoms with E-state index < -0.39 is 0 Å². The second-order valence-corrected chi connectivity index (χ2v) is 5.30. The van der Waals surface area contributed by atoms with Crippen molar-refractivity contribution in [2.24, 2.45) is 0 Å². The lowest BCUT2D eigenvalue weighted by Gasteiger charge is -2.09. The molecule has 2 N–H and O–H groups in total. The summed E-state index contributed by atoms with van der Waals surface area (Å²) in [6.45, 7) is 0.941. The van der Waals surface area contributed by atoms with Crippen LogP contribution in [0.25, 0.3) is 11.0 Å². The molecule has 0 amide bonds. The monoisotopic (exact) mass is 233 g/mol. The number of H-pyrrole nitrogens is 1. The van der Waals surface area contributed by atoms with Crippen LogP contribution in [0.2, 0.25) is 0 Å². The normalized spacial score (nSPS) is 20.6. The fourth-order valence-corrected chi connectivity index (χ4v) is 3.30. The molecule has 3 nitrogen and oxygen atoms in total. The van der Waals surface area contributed by atoms with Crippen LogP contribution in [-0.4, -0.2) is 27.5 Å². The molecule has 3 heterocycles. The van der Waals surface area contributed by atoms with Crippen LogP contribution in [-0.2, 0) is 6.54 Å². The van der Waals surface area contributed by atoms with Gasteiger partial charge in [0.1, 0.15) is 5.65 Å². The largest absolute Gasteiger partial charge is 0.346 e. The van der Waals surface area contributed by atoms with Gasteiger partial charge in [-0.25, -0.2) is 4.98 Å². The van der Waals surface area contributed by atoms with Crippen LogP contribution < -0.4 is 5.32 Å². The number of thioether (sulfide) groups is 1. The van der Waals surface area contributed by atoms with Crippen LogP contribution in [0, 0.1) is 0 Å². The molecule has 0 aliphatic carbocycles. The van der Waals surface area contributed by atoms with E-state index in [0.717, 1.165) is 12.2 Å². The SMILES string of the molecule is c1cnc2[nH]cc(CNC3CCSC3)c2c1. The number of fused-ring (bicyclic) bond motifs is 1. The molecule has 16 heavy (non-hydrogen) atoms. The smallest absolute Gasteiger partial charge is 0.137 e. The summed E-state index contributed by atoms with van der Waals surface area (Å²) < 4.78 is 0.